The summed E-state index contributed by atoms with van der Waals surface area (Å²) in [5.74, 6) is 0.381. The predicted molar refractivity (Wildman–Crippen MR) is 260 cm³/mol. The number of benzene rings is 2. The van der Waals surface area contributed by atoms with E-state index in [0.717, 1.165) is 35.2 Å². The number of unbranched alkanes of at least 4 members (excludes halogenated alkanes) is 2. The van der Waals surface area contributed by atoms with E-state index in [1.54, 1.807) is 6.92 Å². The highest BCUT2D eigenvalue weighted by Crippen LogP contribution is 2.19. The number of rotatable bonds is 21. The Labute approximate surface area is 398 Å². The normalized spacial score (nSPS) is 10.4. The van der Waals surface area contributed by atoms with E-state index in [-0.39, 0.29) is 24.6 Å². The molecular weight excluding hydrogens is 908 g/mol. The van der Waals surface area contributed by atoms with Gasteiger partial charge in [-0.25, -0.2) is 33.7 Å². The lowest BCUT2D eigenvalue weighted by atomic mass is 10.1. The highest BCUT2D eigenvalue weighted by molar-refractivity contribution is 6.61. The number of nitrogens with one attached hydrogen (secondary N) is 6. The van der Waals surface area contributed by atoms with Crippen LogP contribution in [0.3, 0.4) is 0 Å². The quantitative estimate of drug-likeness (QED) is 0.0128. The minimum Gasteiger partial charge on any atom is -0.454 e. The maximum Gasteiger partial charge on any atom is 0.403 e. The molecule has 4 rings (SSSR count). The Morgan fingerprint density at radius 1 is 0.676 bits per heavy atom. The number of halogens is 1. The van der Waals surface area contributed by atoms with Crippen LogP contribution in [0, 0.1) is 13.8 Å². The van der Waals surface area contributed by atoms with Gasteiger partial charge in [-0.3, -0.25) is 38.8 Å². The van der Waals surface area contributed by atoms with Crippen LogP contribution in [-0.4, -0.2) is 75.5 Å². The van der Waals surface area contributed by atoms with E-state index in [2.05, 4.69) is 72.7 Å². The third kappa shape index (κ3) is 25.1. The number of aromatic nitrogens is 4. The molecule has 0 radical (unpaired) electrons. The van der Waals surface area contributed by atoms with Gasteiger partial charge >= 0.3 is 28.9 Å². The highest BCUT2D eigenvalue weighted by Gasteiger charge is 2.08. The summed E-state index contributed by atoms with van der Waals surface area (Å²) in [4.78, 5) is 105. The monoisotopic (exact) mass is 972 g/mol. The van der Waals surface area contributed by atoms with Crippen molar-refractivity contribution in [2.24, 2.45) is 21.7 Å². The van der Waals surface area contributed by atoms with Crippen molar-refractivity contribution in [3.63, 3.8) is 0 Å². The van der Waals surface area contributed by atoms with Gasteiger partial charge < -0.3 is 32.2 Å². The molecule has 24 heteroatoms. The van der Waals surface area contributed by atoms with Crippen LogP contribution in [0.25, 0.3) is 0 Å². The molecule has 10 N–H and O–H groups in total. The number of nitrogens with zero attached hydrogens (tertiary/aromatic N) is 4. The molecule has 0 aliphatic heterocycles. The zero-order valence-electron chi connectivity index (χ0n) is 39.6. The molecule has 0 bridgehead atoms. The lowest BCUT2D eigenvalue weighted by molar-refractivity contribution is -0.295. The Balaban J connectivity index is 0.000000567. The average Bonchev–Trinajstić information content (AvgIpc) is 3.26. The van der Waals surface area contributed by atoms with Gasteiger partial charge in [-0.15, -0.1) is 0 Å². The second-order valence-electron chi connectivity index (χ2n) is 14.3. The Morgan fingerprint density at radius 2 is 1.15 bits per heavy atom. The fourth-order valence-electron chi connectivity index (χ4n) is 5.76. The molecule has 2 heterocycles. The van der Waals surface area contributed by atoms with Crippen LogP contribution in [-0.2, 0) is 45.2 Å². The summed E-state index contributed by atoms with van der Waals surface area (Å²) in [5.41, 5.74) is 13.2. The zero-order chi connectivity index (χ0) is 51.0. The first-order chi connectivity index (χ1) is 32.3. The van der Waals surface area contributed by atoms with Crippen LogP contribution in [0.2, 0.25) is 0 Å². The zero-order valence-corrected chi connectivity index (χ0v) is 40.4. The third-order valence-electron chi connectivity index (χ3n) is 8.99. The van der Waals surface area contributed by atoms with Crippen LogP contribution in [0.15, 0.2) is 77.9 Å². The van der Waals surface area contributed by atoms with Crippen LogP contribution >= 0.6 is 11.6 Å². The SMILES string of the molecule is CC(N)=O.CCOC(=O)Cl.CCOOCNCCCCn1c(=O)cc(Nc2ccc(C)c(CC)c2)[nH]c1=O.CCc1cc(Nc2cc(=O)n(CCCCNC(=O)N=NC(N)=O)c(=O)[nH]2)ccc1C. The Bertz CT molecular complexity index is 2420. The first kappa shape index (κ1) is 59.1. The topological polar surface area (TPSA) is 331 Å². The van der Waals surface area contributed by atoms with Gasteiger partial charge in [-0.1, -0.05) is 36.2 Å². The third-order valence-corrected chi connectivity index (χ3v) is 9.10. The number of carbonyl (C=O) groups is 4. The molecule has 0 aliphatic rings. The Hall–Kier alpha value is -6.95. The second-order valence-corrected chi connectivity index (χ2v) is 14.6. The van der Waals surface area contributed by atoms with Crippen molar-refractivity contribution in [1.29, 1.82) is 0 Å². The van der Waals surface area contributed by atoms with Crippen LogP contribution in [0.5, 0.6) is 0 Å². The number of carbonyl (C=O) groups excluding carboxylic acids is 4. The largest absolute Gasteiger partial charge is 0.454 e. The van der Waals surface area contributed by atoms with Gasteiger partial charge in [0.1, 0.15) is 18.4 Å². The molecule has 0 spiro atoms. The number of hydrogen-bond donors (Lipinski definition) is 8. The minimum absolute atomic E-state index is 0.192. The molecule has 0 unspecified atom stereocenters. The van der Waals surface area contributed by atoms with Gasteiger partial charge in [0.05, 0.1) is 13.2 Å². The predicted octanol–water partition coefficient (Wildman–Crippen LogP) is 5.49. The number of anilines is 4. The Morgan fingerprint density at radius 3 is 1.53 bits per heavy atom. The van der Waals surface area contributed by atoms with Gasteiger partial charge in [-0.2, -0.15) is 0 Å². The number of nitrogens with two attached hydrogens (primary N) is 2. The smallest absolute Gasteiger partial charge is 0.403 e. The van der Waals surface area contributed by atoms with Crippen molar-refractivity contribution < 1.29 is 33.7 Å². The van der Waals surface area contributed by atoms with E-state index in [9.17, 15) is 38.4 Å². The molecule has 0 aliphatic carbocycles. The van der Waals surface area contributed by atoms with E-state index in [4.69, 9.17) is 27.1 Å². The average molecular weight is 974 g/mol. The van der Waals surface area contributed by atoms with E-state index in [1.807, 2.05) is 50.2 Å². The van der Waals surface area contributed by atoms with Gasteiger partial charge in [0.15, 0.2) is 0 Å². The van der Waals surface area contributed by atoms with E-state index in [1.165, 1.54) is 45.9 Å². The highest BCUT2D eigenvalue weighted by atomic mass is 35.5. The molecule has 0 fully saturated rings. The molecule has 4 aromatic rings. The first-order valence-corrected chi connectivity index (χ1v) is 22.2. The molecule has 0 saturated heterocycles. The summed E-state index contributed by atoms with van der Waals surface area (Å²) < 4.78 is 6.47. The number of urea groups is 2. The van der Waals surface area contributed by atoms with Crippen molar-refractivity contribution in [3.05, 3.63) is 112 Å². The fraction of sp³-hybridized carbons (Fsp3) is 0.455. The Kier molecular flexibility index (Phi) is 29.1. The number of H-pyrrole nitrogens is 2. The molecule has 5 amide bonds. The molecule has 2 aromatic carbocycles. The molecule has 0 saturated carbocycles. The summed E-state index contributed by atoms with van der Waals surface area (Å²) in [6, 6.07) is 12.7. The fourth-order valence-corrected chi connectivity index (χ4v) is 5.87. The number of primary amides is 2. The second kappa shape index (κ2) is 33.5. The first-order valence-electron chi connectivity index (χ1n) is 21.8. The van der Waals surface area contributed by atoms with E-state index >= 15 is 0 Å². The molecule has 68 heavy (non-hydrogen) atoms. The summed E-state index contributed by atoms with van der Waals surface area (Å²) in [7, 11) is 0. The van der Waals surface area contributed by atoms with Gasteiger partial charge in [-0.05, 0) is 119 Å². The standard InChI is InChI=1S/C20H30N4O4.C19H25N7O4.C3H5ClO2.C2H5NO/c1-4-16-12-17(9-8-15(16)3)22-18-13-19(25)24(20(26)23-18)11-7-6-10-21-14-28-27-5-2;1-3-13-10-14(7-6-12(13)2)22-15-11-16(27)26(19(30)23-15)9-5-4-8-21-18(29)25-24-17(20)28;1-2-6-3(4)5;1-2(3)4/h8-9,12-13,21-22H,4-7,10-11,14H2,1-3H3,(H,23,26);6-7,10-11,22H,3-5,8-9H2,1-2H3,(H2,20,28)(H,21,29)(H,23,30);2H2,1H3;1H3,(H2,3,4). The molecular formula is C44H65ClN12O11. The van der Waals surface area contributed by atoms with Crippen molar-refractivity contribution in [1.82, 2.24) is 29.7 Å². The molecule has 374 valence electrons. The van der Waals surface area contributed by atoms with Crippen molar-refractivity contribution >= 4 is 58.0 Å². The van der Waals surface area contributed by atoms with Crippen molar-refractivity contribution in [2.45, 2.75) is 100 Å². The number of hydrogen-bond acceptors (Lipinski definition) is 14. The van der Waals surface area contributed by atoms with Crippen LogP contribution < -0.4 is 55.2 Å². The summed E-state index contributed by atoms with van der Waals surface area (Å²) >= 11 is 4.72. The maximum atomic E-state index is 12.3. The molecule has 2 aromatic heterocycles. The number of aromatic amines is 2. The maximum absolute atomic E-state index is 12.3. The molecule has 23 nitrogen and oxygen atoms in total. The number of aryl methyl sites for hydroxylation is 4. The van der Waals surface area contributed by atoms with E-state index < -0.39 is 34.4 Å². The lowest BCUT2D eigenvalue weighted by Crippen LogP contribution is -2.35. The number of ether oxygens (including phenoxy) is 1. The van der Waals surface area contributed by atoms with Gasteiger partial charge in [0.2, 0.25) is 5.91 Å². The lowest BCUT2D eigenvalue weighted by Gasteiger charge is -2.11. The summed E-state index contributed by atoms with van der Waals surface area (Å²) in [6.07, 6.45) is 4.29. The van der Waals surface area contributed by atoms with Gasteiger partial charge in [0.25, 0.3) is 11.1 Å². The summed E-state index contributed by atoms with van der Waals surface area (Å²) in [6.45, 7) is 15.8. The minimum atomic E-state index is -1.06. The van der Waals surface area contributed by atoms with Crippen molar-refractivity contribution in [3.8, 4) is 0 Å². The van der Waals surface area contributed by atoms with E-state index in [0.29, 0.717) is 63.9 Å². The molecule has 0 atom stereocenters. The van der Waals surface area contributed by atoms with Gasteiger partial charge in [0, 0.05) is 61.7 Å². The summed E-state index contributed by atoms with van der Waals surface area (Å²) in [5, 5.41) is 17.6. The van der Waals surface area contributed by atoms with Crippen LogP contribution in [0.4, 0.5) is 37.4 Å². The number of amides is 5. The van der Waals surface area contributed by atoms with Crippen molar-refractivity contribution in [2.75, 3.05) is 43.7 Å². The van der Waals surface area contributed by atoms with Crippen LogP contribution in [0.1, 0.15) is 82.6 Å². The number of azo groups is 1.